The van der Waals surface area contributed by atoms with Gasteiger partial charge in [-0.3, -0.25) is 4.57 Å². The van der Waals surface area contributed by atoms with Gasteiger partial charge >= 0.3 is 0 Å². The van der Waals surface area contributed by atoms with E-state index in [1.807, 2.05) is 4.57 Å². The van der Waals surface area contributed by atoms with Gasteiger partial charge in [-0.2, -0.15) is 4.98 Å². The van der Waals surface area contributed by atoms with Crippen molar-refractivity contribution in [3.63, 3.8) is 0 Å². The van der Waals surface area contributed by atoms with Crippen molar-refractivity contribution >= 4 is 17.4 Å². The molecular formula is C12H13ClN6. The van der Waals surface area contributed by atoms with Crippen molar-refractivity contribution in [1.29, 1.82) is 0 Å². The zero-order valence-electron chi connectivity index (χ0n) is 10.5. The average Bonchev–Trinajstić information content (AvgIpc) is 3.13. The van der Waals surface area contributed by atoms with Crippen molar-refractivity contribution < 1.29 is 0 Å². The first-order chi connectivity index (χ1) is 9.29. The molecule has 0 saturated heterocycles. The predicted molar refractivity (Wildman–Crippen MR) is 70.5 cm³/mol. The second-order valence-corrected chi connectivity index (χ2v) is 5.31. The minimum Gasteiger partial charge on any atom is -0.341 e. The second-order valence-electron chi connectivity index (χ2n) is 4.97. The van der Waals surface area contributed by atoms with Crippen molar-refractivity contribution in [2.75, 3.05) is 4.90 Å². The SMILES string of the molecule is CCC1c2nncn2-c2cnc(Cl)nc2N1C1CC1. The Morgan fingerprint density at radius 1 is 1.42 bits per heavy atom. The van der Waals surface area contributed by atoms with Gasteiger partial charge in [-0.05, 0) is 30.9 Å². The molecular weight excluding hydrogens is 264 g/mol. The van der Waals surface area contributed by atoms with Crippen molar-refractivity contribution in [3.05, 3.63) is 23.6 Å². The van der Waals surface area contributed by atoms with Crippen LogP contribution in [0.1, 0.15) is 38.1 Å². The van der Waals surface area contributed by atoms with E-state index in [4.69, 9.17) is 11.6 Å². The van der Waals surface area contributed by atoms with Gasteiger partial charge < -0.3 is 4.90 Å². The number of hydrogen-bond donors (Lipinski definition) is 0. The van der Waals surface area contributed by atoms with Crippen molar-refractivity contribution in [3.8, 4) is 5.69 Å². The van der Waals surface area contributed by atoms with E-state index in [0.29, 0.717) is 6.04 Å². The summed E-state index contributed by atoms with van der Waals surface area (Å²) in [6, 6.07) is 0.758. The summed E-state index contributed by atoms with van der Waals surface area (Å²) in [7, 11) is 0. The first-order valence-electron chi connectivity index (χ1n) is 6.50. The Balaban J connectivity index is 1.96. The molecule has 98 valence electrons. The van der Waals surface area contributed by atoms with Crippen LogP contribution in [0, 0.1) is 0 Å². The molecule has 1 aliphatic heterocycles. The van der Waals surface area contributed by atoms with Gasteiger partial charge in [0.2, 0.25) is 5.28 Å². The Labute approximate surface area is 115 Å². The van der Waals surface area contributed by atoms with Gasteiger partial charge in [0.15, 0.2) is 11.6 Å². The number of anilines is 1. The quantitative estimate of drug-likeness (QED) is 0.787. The lowest BCUT2D eigenvalue weighted by atomic mass is 10.1. The maximum Gasteiger partial charge on any atom is 0.224 e. The van der Waals surface area contributed by atoms with Crippen LogP contribution >= 0.6 is 11.6 Å². The molecule has 4 rings (SSSR count). The summed E-state index contributed by atoms with van der Waals surface area (Å²) < 4.78 is 1.97. The fraction of sp³-hybridized carbons (Fsp3) is 0.500. The maximum absolute atomic E-state index is 5.97. The van der Waals surface area contributed by atoms with Crippen LogP contribution in [-0.2, 0) is 0 Å². The van der Waals surface area contributed by atoms with Crippen LogP contribution in [0.4, 0.5) is 5.82 Å². The van der Waals surface area contributed by atoms with E-state index in [1.165, 1.54) is 12.8 Å². The minimum absolute atomic E-state index is 0.216. The Bertz CT molecular complexity index is 635. The summed E-state index contributed by atoms with van der Waals surface area (Å²) in [5.41, 5.74) is 0.918. The molecule has 19 heavy (non-hydrogen) atoms. The molecule has 2 aliphatic rings. The summed E-state index contributed by atoms with van der Waals surface area (Å²) in [4.78, 5) is 10.9. The van der Waals surface area contributed by atoms with E-state index >= 15 is 0 Å². The lowest BCUT2D eigenvalue weighted by molar-refractivity contribution is 0.532. The largest absolute Gasteiger partial charge is 0.341 e. The second kappa shape index (κ2) is 3.90. The molecule has 1 atom stereocenters. The highest BCUT2D eigenvalue weighted by Gasteiger charge is 2.41. The number of nitrogens with zero attached hydrogens (tertiary/aromatic N) is 6. The van der Waals surface area contributed by atoms with E-state index in [2.05, 4.69) is 32.0 Å². The number of rotatable bonds is 2. The van der Waals surface area contributed by atoms with Crippen LogP contribution in [-0.4, -0.2) is 30.8 Å². The van der Waals surface area contributed by atoms with Crippen LogP contribution in [0.15, 0.2) is 12.5 Å². The molecule has 1 unspecified atom stereocenters. The fourth-order valence-electron chi connectivity index (χ4n) is 2.79. The Morgan fingerprint density at radius 2 is 2.26 bits per heavy atom. The van der Waals surface area contributed by atoms with E-state index < -0.39 is 0 Å². The molecule has 0 bridgehead atoms. The summed E-state index contributed by atoms with van der Waals surface area (Å²) in [5.74, 6) is 1.87. The van der Waals surface area contributed by atoms with Crippen LogP contribution in [0.2, 0.25) is 5.28 Å². The number of hydrogen-bond acceptors (Lipinski definition) is 5. The molecule has 0 radical (unpaired) electrons. The molecule has 3 heterocycles. The van der Waals surface area contributed by atoms with Crippen molar-refractivity contribution in [2.45, 2.75) is 38.3 Å². The molecule has 0 N–H and O–H groups in total. The molecule has 6 nitrogen and oxygen atoms in total. The van der Waals surface area contributed by atoms with E-state index in [-0.39, 0.29) is 11.3 Å². The lowest BCUT2D eigenvalue weighted by Crippen LogP contribution is -2.37. The first-order valence-corrected chi connectivity index (χ1v) is 6.88. The molecule has 1 aliphatic carbocycles. The molecule has 1 fully saturated rings. The van der Waals surface area contributed by atoms with Gasteiger partial charge in [0.25, 0.3) is 0 Å². The van der Waals surface area contributed by atoms with Gasteiger partial charge in [0.1, 0.15) is 12.0 Å². The minimum atomic E-state index is 0.216. The van der Waals surface area contributed by atoms with E-state index in [1.54, 1.807) is 12.5 Å². The topological polar surface area (TPSA) is 59.7 Å². The molecule has 7 heteroatoms. The summed E-state index contributed by atoms with van der Waals surface area (Å²) in [6.07, 6.45) is 6.84. The summed E-state index contributed by atoms with van der Waals surface area (Å²) in [6.45, 7) is 2.16. The highest BCUT2D eigenvalue weighted by Crippen LogP contribution is 2.44. The molecule has 0 aromatic carbocycles. The zero-order chi connectivity index (χ0) is 13.0. The van der Waals surface area contributed by atoms with Crippen LogP contribution in [0.5, 0.6) is 0 Å². The maximum atomic E-state index is 5.97. The third kappa shape index (κ3) is 1.56. The van der Waals surface area contributed by atoms with Gasteiger partial charge in [-0.15, -0.1) is 10.2 Å². The van der Waals surface area contributed by atoms with Gasteiger partial charge in [0, 0.05) is 6.04 Å². The Morgan fingerprint density at radius 3 is 3.00 bits per heavy atom. The highest BCUT2D eigenvalue weighted by molar-refractivity contribution is 6.28. The normalized spacial score (nSPS) is 21.2. The summed E-state index contributed by atoms with van der Waals surface area (Å²) >= 11 is 5.97. The highest BCUT2D eigenvalue weighted by atomic mass is 35.5. The first kappa shape index (κ1) is 11.2. The van der Waals surface area contributed by atoms with Crippen molar-refractivity contribution in [2.24, 2.45) is 0 Å². The Kier molecular flexibility index (Phi) is 2.29. The van der Waals surface area contributed by atoms with Crippen LogP contribution < -0.4 is 4.90 Å². The third-order valence-electron chi connectivity index (χ3n) is 3.76. The molecule has 1 saturated carbocycles. The lowest BCUT2D eigenvalue weighted by Gasteiger charge is -2.36. The van der Waals surface area contributed by atoms with Gasteiger partial charge in [-0.1, -0.05) is 6.92 Å². The zero-order valence-corrected chi connectivity index (χ0v) is 11.2. The smallest absolute Gasteiger partial charge is 0.224 e. The van der Waals surface area contributed by atoms with Gasteiger partial charge in [-0.25, -0.2) is 4.98 Å². The van der Waals surface area contributed by atoms with Crippen molar-refractivity contribution in [1.82, 2.24) is 24.7 Å². The molecule has 0 amide bonds. The standard InChI is InChI=1S/C12H13ClN6/c1-2-8-11-17-15-6-18(11)9-5-14-12(13)16-10(9)19(8)7-3-4-7/h5-8H,2-4H2,1H3. The van der Waals surface area contributed by atoms with E-state index in [0.717, 1.165) is 23.8 Å². The molecule has 2 aromatic rings. The molecule has 2 aromatic heterocycles. The van der Waals surface area contributed by atoms with Crippen LogP contribution in [0.25, 0.3) is 5.69 Å². The third-order valence-corrected chi connectivity index (χ3v) is 3.94. The summed E-state index contributed by atoms with van der Waals surface area (Å²) in [5, 5.41) is 8.60. The van der Waals surface area contributed by atoms with E-state index in [9.17, 15) is 0 Å². The predicted octanol–water partition coefficient (Wildman–Crippen LogP) is 2.14. The monoisotopic (exact) mass is 276 g/mol. The number of aromatic nitrogens is 5. The fourth-order valence-corrected chi connectivity index (χ4v) is 2.92. The Hall–Kier alpha value is -1.69. The average molecular weight is 277 g/mol. The number of fused-ring (bicyclic) bond motifs is 3. The van der Waals surface area contributed by atoms with Gasteiger partial charge in [0.05, 0.1) is 12.2 Å². The van der Waals surface area contributed by atoms with Crippen LogP contribution in [0.3, 0.4) is 0 Å². The molecule has 0 spiro atoms. The number of halogens is 1.